The Morgan fingerprint density at radius 1 is 1.54 bits per heavy atom. The predicted octanol–water partition coefficient (Wildman–Crippen LogP) is 3.09. The van der Waals surface area contributed by atoms with Gasteiger partial charge in [-0.05, 0) is 38.1 Å². The molecule has 1 aliphatic heterocycles. The lowest BCUT2D eigenvalue weighted by molar-refractivity contribution is -0.149. The molecule has 2 atom stereocenters. The molecule has 24 heavy (non-hydrogen) atoms. The molecule has 2 rings (SSSR count). The van der Waals surface area contributed by atoms with Crippen molar-refractivity contribution in [3.63, 3.8) is 0 Å². The van der Waals surface area contributed by atoms with Gasteiger partial charge in [-0.3, -0.25) is 9.79 Å². The molecule has 134 valence electrons. The maximum atomic E-state index is 12.0. The number of thiophene rings is 1. The van der Waals surface area contributed by atoms with Crippen molar-refractivity contribution in [3.05, 3.63) is 22.4 Å². The van der Waals surface area contributed by atoms with Gasteiger partial charge in [-0.2, -0.15) is 0 Å². The average Bonchev–Trinajstić information content (AvgIpc) is 3.13. The Morgan fingerprint density at radius 3 is 3.04 bits per heavy atom. The minimum atomic E-state index is -0.0787. The second kappa shape index (κ2) is 9.67. The van der Waals surface area contributed by atoms with E-state index in [1.165, 1.54) is 4.88 Å². The number of guanidine groups is 1. The van der Waals surface area contributed by atoms with Crippen LogP contribution >= 0.6 is 11.3 Å². The molecule has 1 aliphatic rings. The minimum Gasteiger partial charge on any atom is -0.466 e. The fourth-order valence-corrected chi connectivity index (χ4v) is 3.71. The van der Waals surface area contributed by atoms with Gasteiger partial charge in [0.15, 0.2) is 5.96 Å². The minimum absolute atomic E-state index is 0.0442. The first-order valence-electron chi connectivity index (χ1n) is 8.89. The third-order valence-electron chi connectivity index (χ3n) is 4.22. The second-order valence-corrected chi connectivity index (χ2v) is 7.13. The maximum Gasteiger partial charge on any atom is 0.310 e. The third-order valence-corrected chi connectivity index (χ3v) is 5.32. The molecule has 2 heterocycles. The van der Waals surface area contributed by atoms with Crippen molar-refractivity contribution in [1.82, 2.24) is 10.2 Å². The van der Waals surface area contributed by atoms with Gasteiger partial charge in [-0.15, -0.1) is 11.3 Å². The van der Waals surface area contributed by atoms with Gasteiger partial charge < -0.3 is 15.0 Å². The van der Waals surface area contributed by atoms with E-state index in [4.69, 9.17) is 9.73 Å². The molecule has 0 amide bonds. The fourth-order valence-electron chi connectivity index (χ4n) is 2.93. The molecule has 0 aromatic carbocycles. The van der Waals surface area contributed by atoms with Gasteiger partial charge in [0.2, 0.25) is 0 Å². The molecule has 1 aromatic rings. The van der Waals surface area contributed by atoms with Gasteiger partial charge in [0.25, 0.3) is 0 Å². The number of aliphatic imine (C=N–C) groups is 1. The van der Waals surface area contributed by atoms with Crippen LogP contribution in [-0.4, -0.2) is 49.6 Å². The summed E-state index contributed by atoms with van der Waals surface area (Å²) in [5, 5.41) is 5.48. The zero-order valence-corrected chi connectivity index (χ0v) is 15.8. The highest BCUT2D eigenvalue weighted by Gasteiger charge is 2.28. The van der Waals surface area contributed by atoms with Crippen LogP contribution in [0.1, 0.15) is 44.4 Å². The van der Waals surface area contributed by atoms with Gasteiger partial charge in [0.05, 0.1) is 19.1 Å². The van der Waals surface area contributed by atoms with E-state index in [0.717, 1.165) is 38.4 Å². The summed E-state index contributed by atoms with van der Waals surface area (Å²) >= 11 is 1.78. The number of nitrogens with zero attached hydrogens (tertiary/aromatic N) is 2. The van der Waals surface area contributed by atoms with E-state index < -0.39 is 0 Å². The number of esters is 1. The lowest BCUT2D eigenvalue weighted by atomic mass is 9.98. The van der Waals surface area contributed by atoms with Crippen LogP contribution in [0.3, 0.4) is 0 Å². The summed E-state index contributed by atoms with van der Waals surface area (Å²) in [6.45, 7) is 9.79. The van der Waals surface area contributed by atoms with Gasteiger partial charge in [0, 0.05) is 30.4 Å². The molecule has 2 unspecified atom stereocenters. The molecule has 0 bridgehead atoms. The Labute approximate surface area is 149 Å². The van der Waals surface area contributed by atoms with E-state index in [1.807, 2.05) is 6.92 Å². The third kappa shape index (κ3) is 5.23. The standard InChI is InChI=1S/C18H29N3O2S/c1-4-19-18(20-12-14(3)16-9-7-11-24-16)21-10-6-8-15(13-21)17(22)23-5-2/h7,9,11,14-15H,4-6,8,10,12-13H2,1-3H3,(H,19,20). The summed E-state index contributed by atoms with van der Waals surface area (Å²) in [5.41, 5.74) is 0. The van der Waals surface area contributed by atoms with Crippen LogP contribution in [0.4, 0.5) is 0 Å². The lowest BCUT2D eigenvalue weighted by Crippen LogP contribution is -2.48. The first kappa shape index (κ1) is 18.8. The van der Waals surface area contributed by atoms with Crippen molar-refractivity contribution < 1.29 is 9.53 Å². The number of hydrogen-bond donors (Lipinski definition) is 1. The maximum absolute atomic E-state index is 12.0. The quantitative estimate of drug-likeness (QED) is 0.486. The largest absolute Gasteiger partial charge is 0.466 e. The summed E-state index contributed by atoms with van der Waals surface area (Å²) in [7, 11) is 0. The van der Waals surface area contributed by atoms with Crippen molar-refractivity contribution in [2.24, 2.45) is 10.9 Å². The molecule has 1 saturated heterocycles. The van der Waals surface area contributed by atoms with Crippen LogP contribution < -0.4 is 5.32 Å². The zero-order valence-electron chi connectivity index (χ0n) is 15.0. The molecule has 0 radical (unpaired) electrons. The Kier molecular flexibility index (Phi) is 7.56. The van der Waals surface area contributed by atoms with Crippen molar-refractivity contribution in [2.45, 2.75) is 39.5 Å². The molecule has 0 saturated carbocycles. The smallest absolute Gasteiger partial charge is 0.310 e. The fraction of sp³-hybridized carbons (Fsp3) is 0.667. The monoisotopic (exact) mass is 351 g/mol. The van der Waals surface area contributed by atoms with E-state index in [1.54, 1.807) is 11.3 Å². The first-order chi connectivity index (χ1) is 11.7. The van der Waals surface area contributed by atoms with Crippen molar-refractivity contribution in [1.29, 1.82) is 0 Å². The van der Waals surface area contributed by atoms with Gasteiger partial charge in [-0.1, -0.05) is 13.0 Å². The highest BCUT2D eigenvalue weighted by Crippen LogP contribution is 2.22. The summed E-state index contributed by atoms with van der Waals surface area (Å²) in [5.74, 6) is 1.20. The zero-order chi connectivity index (χ0) is 17.4. The van der Waals surface area contributed by atoms with E-state index >= 15 is 0 Å². The Morgan fingerprint density at radius 2 is 2.38 bits per heavy atom. The highest BCUT2D eigenvalue weighted by atomic mass is 32.1. The topological polar surface area (TPSA) is 53.9 Å². The number of rotatable bonds is 6. The van der Waals surface area contributed by atoms with E-state index in [2.05, 4.69) is 41.6 Å². The van der Waals surface area contributed by atoms with Crippen LogP contribution in [0.2, 0.25) is 0 Å². The first-order valence-corrected chi connectivity index (χ1v) is 9.76. The van der Waals surface area contributed by atoms with Crippen LogP contribution in [0.15, 0.2) is 22.5 Å². The summed E-state index contributed by atoms with van der Waals surface area (Å²) in [6, 6.07) is 4.25. The van der Waals surface area contributed by atoms with Crippen LogP contribution in [-0.2, 0) is 9.53 Å². The molecule has 1 aromatic heterocycles. The van der Waals surface area contributed by atoms with Crippen LogP contribution in [0.5, 0.6) is 0 Å². The number of piperidine rings is 1. The van der Waals surface area contributed by atoms with Gasteiger partial charge in [-0.25, -0.2) is 0 Å². The molecule has 1 N–H and O–H groups in total. The van der Waals surface area contributed by atoms with Crippen molar-refractivity contribution in [3.8, 4) is 0 Å². The summed E-state index contributed by atoms with van der Waals surface area (Å²) in [4.78, 5) is 20.4. The van der Waals surface area contributed by atoms with E-state index in [9.17, 15) is 4.79 Å². The Hall–Kier alpha value is -1.56. The molecule has 0 aliphatic carbocycles. The normalized spacial score (nSPS) is 19.9. The molecule has 1 fully saturated rings. The molecule has 0 spiro atoms. The number of carbonyl (C=O) groups excluding carboxylic acids is 1. The van der Waals surface area contributed by atoms with E-state index in [-0.39, 0.29) is 11.9 Å². The predicted molar refractivity (Wildman–Crippen MR) is 99.6 cm³/mol. The highest BCUT2D eigenvalue weighted by molar-refractivity contribution is 7.10. The number of ether oxygens (including phenoxy) is 1. The van der Waals surface area contributed by atoms with Gasteiger partial charge in [0.1, 0.15) is 0 Å². The number of nitrogens with one attached hydrogen (secondary N) is 1. The molecule has 5 nitrogen and oxygen atoms in total. The SMILES string of the molecule is CCNC(=NCC(C)c1cccs1)N1CCCC(C(=O)OCC)C1. The lowest BCUT2D eigenvalue weighted by Gasteiger charge is -2.34. The summed E-state index contributed by atoms with van der Waals surface area (Å²) in [6.07, 6.45) is 1.90. The van der Waals surface area contributed by atoms with E-state index in [0.29, 0.717) is 19.1 Å². The molecular weight excluding hydrogens is 322 g/mol. The summed E-state index contributed by atoms with van der Waals surface area (Å²) < 4.78 is 5.19. The van der Waals surface area contributed by atoms with Crippen LogP contribution in [0.25, 0.3) is 0 Å². The van der Waals surface area contributed by atoms with Crippen molar-refractivity contribution >= 4 is 23.3 Å². The molecule has 6 heteroatoms. The number of hydrogen-bond acceptors (Lipinski definition) is 4. The van der Waals surface area contributed by atoms with Crippen LogP contribution in [0, 0.1) is 5.92 Å². The molecular formula is C18H29N3O2S. The average molecular weight is 352 g/mol. The Bertz CT molecular complexity index is 530. The van der Waals surface area contributed by atoms with Crippen molar-refractivity contribution in [2.75, 3.05) is 32.8 Å². The van der Waals surface area contributed by atoms with Gasteiger partial charge >= 0.3 is 5.97 Å². The number of likely N-dealkylation sites (tertiary alicyclic amines) is 1. The Balaban J connectivity index is 2.00. The number of carbonyl (C=O) groups is 1. The second-order valence-electron chi connectivity index (χ2n) is 6.15.